The van der Waals surface area contributed by atoms with Crippen LogP contribution in [0, 0.1) is 0 Å². The molecule has 4 fully saturated rings. The number of carbonyl (C=O) groups is 2. The molecule has 4 N–H and O–H groups in total. The zero-order valence-corrected chi connectivity index (χ0v) is 19.9. The van der Waals surface area contributed by atoms with Crippen molar-refractivity contribution in [1.82, 2.24) is 0 Å². The Labute approximate surface area is 216 Å². The van der Waals surface area contributed by atoms with E-state index in [1.54, 1.807) is 36.4 Å². The van der Waals surface area contributed by atoms with Crippen molar-refractivity contribution in [3.63, 3.8) is 0 Å². The summed E-state index contributed by atoms with van der Waals surface area (Å²) in [5, 5.41) is 39.1. The largest absolute Gasteiger partial charge is 0.429 e. The first kappa shape index (κ1) is 25.3. The molecule has 4 aliphatic heterocycles. The van der Waals surface area contributed by atoms with Gasteiger partial charge in [-0.25, -0.2) is 9.59 Å². The molecule has 7 rings (SSSR count). The molecule has 2 aliphatic carbocycles. The quantitative estimate of drug-likeness (QED) is 0.315. The lowest BCUT2D eigenvalue weighted by molar-refractivity contribution is -0.154. The van der Waals surface area contributed by atoms with E-state index in [1.165, 1.54) is 0 Å². The molecular formula is C26H26O12. The van der Waals surface area contributed by atoms with Crippen molar-refractivity contribution in [1.29, 1.82) is 0 Å². The molecule has 0 amide bonds. The summed E-state index contributed by atoms with van der Waals surface area (Å²) < 4.78 is 31.3. The second-order valence-electron chi connectivity index (χ2n) is 9.59. The average molecular weight is 530 g/mol. The summed E-state index contributed by atoms with van der Waals surface area (Å²) in [6.07, 6.45) is -8.54. The van der Waals surface area contributed by atoms with Crippen LogP contribution in [-0.4, -0.2) is 107 Å². The van der Waals surface area contributed by atoms with Crippen LogP contribution < -0.4 is 0 Å². The van der Waals surface area contributed by atoms with Gasteiger partial charge in [-0.15, -0.1) is 0 Å². The second-order valence-corrected chi connectivity index (χ2v) is 9.59. The fourth-order valence-electron chi connectivity index (χ4n) is 5.01. The van der Waals surface area contributed by atoms with Crippen LogP contribution in [-0.2, 0) is 28.4 Å². The third-order valence-electron chi connectivity index (χ3n) is 7.14. The highest BCUT2D eigenvalue weighted by Gasteiger charge is 2.54. The van der Waals surface area contributed by atoms with E-state index in [9.17, 15) is 30.0 Å². The van der Waals surface area contributed by atoms with E-state index >= 15 is 0 Å². The molecule has 6 aliphatic rings. The van der Waals surface area contributed by atoms with Crippen LogP contribution in [0.2, 0.25) is 0 Å². The minimum Gasteiger partial charge on any atom is -0.429 e. The molecule has 0 aromatic heterocycles. The molecule has 12 heteroatoms. The topological polar surface area (TPSA) is 170 Å². The van der Waals surface area contributed by atoms with Crippen LogP contribution in [0.1, 0.15) is 20.7 Å². The molecule has 2 unspecified atom stereocenters. The first-order valence-corrected chi connectivity index (χ1v) is 12.2. The minimum atomic E-state index is -1.11. The minimum absolute atomic E-state index is 0.117. The molecular weight excluding hydrogens is 504 g/mol. The van der Waals surface area contributed by atoms with Gasteiger partial charge in [0.05, 0.1) is 24.3 Å². The average Bonchev–Trinajstić information content (AvgIpc) is 3.63. The zero-order chi connectivity index (χ0) is 26.6. The van der Waals surface area contributed by atoms with Crippen molar-refractivity contribution in [2.75, 3.05) is 13.2 Å². The summed E-state index contributed by atoms with van der Waals surface area (Å²) in [6.45, 7) is 0.241. The smallest absolute Gasteiger partial charge is 0.341 e. The van der Waals surface area contributed by atoms with Gasteiger partial charge in [-0.1, -0.05) is 30.3 Å². The van der Waals surface area contributed by atoms with Crippen molar-refractivity contribution >= 4 is 11.9 Å². The van der Waals surface area contributed by atoms with Crippen LogP contribution in [0.4, 0.5) is 0 Å². The summed E-state index contributed by atoms with van der Waals surface area (Å²) >= 11 is 0. The number of hydrogen-bond donors (Lipinski definition) is 4. The molecule has 12 nitrogen and oxygen atoms in total. The Balaban J connectivity index is 0.000000139. The maximum Gasteiger partial charge on any atom is 0.341 e. The lowest BCUT2D eigenvalue weighted by atomic mass is 9.87. The lowest BCUT2D eigenvalue weighted by Gasteiger charge is -2.22. The van der Waals surface area contributed by atoms with Gasteiger partial charge in [0.15, 0.2) is 0 Å². The van der Waals surface area contributed by atoms with Crippen LogP contribution in [0.25, 0.3) is 11.1 Å². The van der Waals surface area contributed by atoms with Gasteiger partial charge < -0.3 is 48.8 Å². The maximum atomic E-state index is 11.9. The summed E-state index contributed by atoms with van der Waals surface area (Å²) in [5.74, 6) is -1.11. The Bertz CT molecular complexity index is 1150. The molecule has 4 saturated heterocycles. The van der Waals surface area contributed by atoms with E-state index in [1.807, 2.05) is 12.1 Å². The van der Waals surface area contributed by atoms with Crippen LogP contribution in [0.15, 0.2) is 48.5 Å². The van der Waals surface area contributed by atoms with Crippen molar-refractivity contribution in [3.8, 4) is 11.1 Å². The Kier molecular flexibility index (Phi) is 6.66. The summed E-state index contributed by atoms with van der Waals surface area (Å²) in [4.78, 5) is 23.7. The highest BCUT2D eigenvalue weighted by atomic mass is 16.7. The van der Waals surface area contributed by atoms with E-state index in [0.717, 1.165) is 11.1 Å². The van der Waals surface area contributed by atoms with Gasteiger partial charge in [0.25, 0.3) is 0 Å². The van der Waals surface area contributed by atoms with E-state index in [0.29, 0.717) is 11.1 Å². The number of carbonyl (C=O) groups excluding carboxylic acids is 2. The predicted molar refractivity (Wildman–Crippen MR) is 124 cm³/mol. The predicted octanol–water partition coefficient (Wildman–Crippen LogP) is -0.642. The highest BCUT2D eigenvalue weighted by molar-refractivity contribution is 6.04. The molecule has 0 radical (unpaired) electrons. The lowest BCUT2D eigenvalue weighted by Crippen LogP contribution is -2.34. The fraction of sp³-hybridized carbons (Fsp3) is 0.462. The van der Waals surface area contributed by atoms with Gasteiger partial charge >= 0.3 is 11.9 Å². The molecule has 0 bridgehead atoms. The normalized spacial score (nSPS) is 37.6. The Morgan fingerprint density at radius 1 is 0.711 bits per heavy atom. The van der Waals surface area contributed by atoms with Gasteiger partial charge in [0.2, 0.25) is 12.6 Å². The number of ether oxygens (including phenoxy) is 6. The van der Waals surface area contributed by atoms with Gasteiger partial charge in [-0.3, -0.25) is 0 Å². The molecule has 4 heterocycles. The van der Waals surface area contributed by atoms with Crippen molar-refractivity contribution in [3.05, 3.63) is 59.7 Å². The molecule has 1 aromatic carbocycles. The second kappa shape index (κ2) is 9.98. The van der Waals surface area contributed by atoms with Crippen LogP contribution >= 0.6 is 0 Å². The number of hydrogen-bond acceptors (Lipinski definition) is 12. The summed E-state index contributed by atoms with van der Waals surface area (Å²) in [7, 11) is 0. The van der Waals surface area contributed by atoms with Gasteiger partial charge in [-0.05, 0) is 29.3 Å². The number of esters is 2. The van der Waals surface area contributed by atoms with Crippen molar-refractivity contribution < 1.29 is 58.4 Å². The molecule has 38 heavy (non-hydrogen) atoms. The number of aliphatic hydroxyl groups excluding tert-OH is 4. The number of benzene rings is 2. The monoisotopic (exact) mass is 530 g/mol. The third kappa shape index (κ3) is 4.38. The Morgan fingerprint density at radius 2 is 1.26 bits per heavy atom. The summed E-state index contributed by atoms with van der Waals surface area (Å²) in [5.41, 5.74) is 2.79. The Morgan fingerprint density at radius 3 is 1.71 bits per heavy atom. The standard InChI is InChI=1S/C13H12O6.C13H14O6/c14-8-4-17-11-9(15)13(18-10(8)11)19-12(16)7-3-5-1-2-6(5)7;14-8-6-17-11-9(15)13(18-10(8)11)19-12(16)7-4-2-1-3-5-7/h1-3,8-11,13-15H,4H2;1-5,8-11,13-15H,6H2/t2*8-,9-,10-,11+,13?/m11/s1. The Hall–Kier alpha value is -2.94. The maximum absolute atomic E-state index is 11.9. The molecule has 1 aromatic rings. The fourth-order valence-corrected chi connectivity index (χ4v) is 5.01. The SMILES string of the molecule is O=C(OC1O[C@H]2[C@@H](OC[C@H]2O)[C@H]1O)c1cc2ccc1-2.O=C(OC1O[C@H]2[C@@H](OC[C@H]2O)[C@H]1O)c1ccccc1. The molecule has 0 spiro atoms. The summed E-state index contributed by atoms with van der Waals surface area (Å²) in [6, 6.07) is 13.9. The molecule has 0 saturated carbocycles. The van der Waals surface area contributed by atoms with Crippen LogP contribution in [0.3, 0.4) is 0 Å². The third-order valence-corrected chi connectivity index (χ3v) is 7.14. The van der Waals surface area contributed by atoms with Gasteiger partial charge in [0, 0.05) is 0 Å². The van der Waals surface area contributed by atoms with E-state index in [4.69, 9.17) is 28.4 Å². The van der Waals surface area contributed by atoms with Gasteiger partial charge in [0.1, 0.15) is 48.8 Å². The number of fused-ring (bicyclic) bond motifs is 3. The first-order valence-electron chi connectivity index (χ1n) is 12.2. The van der Waals surface area contributed by atoms with Crippen molar-refractivity contribution in [2.24, 2.45) is 0 Å². The number of aliphatic hydroxyl groups is 4. The van der Waals surface area contributed by atoms with E-state index in [-0.39, 0.29) is 13.2 Å². The van der Waals surface area contributed by atoms with Crippen LogP contribution in [0.5, 0.6) is 0 Å². The van der Waals surface area contributed by atoms with E-state index < -0.39 is 73.4 Å². The highest BCUT2D eigenvalue weighted by Crippen LogP contribution is 2.38. The first-order chi connectivity index (χ1) is 18.3. The van der Waals surface area contributed by atoms with Crippen molar-refractivity contribution in [2.45, 2.75) is 61.4 Å². The molecule has 202 valence electrons. The number of rotatable bonds is 4. The van der Waals surface area contributed by atoms with Gasteiger partial charge in [-0.2, -0.15) is 0 Å². The molecule has 10 atom stereocenters. The van der Waals surface area contributed by atoms with E-state index in [2.05, 4.69) is 0 Å². The zero-order valence-electron chi connectivity index (χ0n) is 19.9.